The summed E-state index contributed by atoms with van der Waals surface area (Å²) in [5.41, 5.74) is 6.26. The number of anilines is 1. The van der Waals surface area contributed by atoms with E-state index in [2.05, 4.69) is 20.8 Å². The van der Waals surface area contributed by atoms with E-state index in [0.29, 0.717) is 15.9 Å². The van der Waals surface area contributed by atoms with E-state index in [0.717, 1.165) is 4.90 Å². The maximum atomic E-state index is 12.0. The van der Waals surface area contributed by atoms with Gasteiger partial charge < -0.3 is 20.9 Å². The molecule has 0 fully saturated rings. The first-order valence-electron chi connectivity index (χ1n) is 7.92. The van der Waals surface area contributed by atoms with Gasteiger partial charge in [0.2, 0.25) is 11.8 Å². The molecule has 0 aliphatic carbocycles. The molecule has 11 heteroatoms. The lowest BCUT2D eigenvalue weighted by atomic mass is 10.1. The first-order chi connectivity index (χ1) is 12.3. The van der Waals surface area contributed by atoms with Crippen LogP contribution < -0.4 is 16.4 Å². The summed E-state index contributed by atoms with van der Waals surface area (Å²) >= 11 is 7.64. The smallest absolute Gasteiger partial charge is 0.243 e. The normalized spacial score (nSPS) is 11.6. The van der Waals surface area contributed by atoms with Crippen molar-refractivity contribution in [1.29, 1.82) is 0 Å². The van der Waals surface area contributed by atoms with Gasteiger partial charge in [-0.15, -0.1) is 22.6 Å². The Hall–Kier alpha value is -1.81. The minimum Gasteiger partial charge on any atom is -0.346 e. The maximum Gasteiger partial charge on any atom is 0.243 e. The third-order valence-electron chi connectivity index (χ3n) is 3.53. The number of aromatic nitrogens is 3. The summed E-state index contributed by atoms with van der Waals surface area (Å²) in [7, 11) is 1.84. The number of aryl methyl sites for hydroxylation is 1. The molecule has 1 aromatic carbocycles. The average molecular weight is 433 g/mol. The fourth-order valence-corrected chi connectivity index (χ4v) is 2.98. The zero-order valence-corrected chi connectivity index (χ0v) is 17.5. The zero-order chi connectivity index (χ0) is 19.3. The number of amides is 2. The highest BCUT2D eigenvalue weighted by molar-refractivity contribution is 7.99. The van der Waals surface area contributed by atoms with Gasteiger partial charge in [0, 0.05) is 17.6 Å². The standard InChI is InChI=1S/C16H21ClN6O2S.ClH/c1-9(2)14(18)15(25)19-7-13(24)21-10-4-5-12(11(17)6-10)26-16-22-20-8-23(16)3;/h4-6,8-9,14H,7,18H2,1-3H3,(H,19,25)(H,21,24);1H/t14-;/m0./s1. The summed E-state index contributed by atoms with van der Waals surface area (Å²) in [6, 6.07) is 4.50. The number of benzene rings is 1. The molecule has 1 atom stereocenters. The molecule has 2 rings (SSSR count). The van der Waals surface area contributed by atoms with Crippen LogP contribution in [-0.2, 0) is 16.6 Å². The Kier molecular flexibility index (Phi) is 9.04. The van der Waals surface area contributed by atoms with Crippen molar-refractivity contribution in [2.24, 2.45) is 18.7 Å². The minimum atomic E-state index is -0.644. The molecule has 0 saturated carbocycles. The van der Waals surface area contributed by atoms with Gasteiger partial charge in [-0.05, 0) is 35.9 Å². The van der Waals surface area contributed by atoms with Gasteiger partial charge >= 0.3 is 0 Å². The Morgan fingerprint density at radius 3 is 2.63 bits per heavy atom. The van der Waals surface area contributed by atoms with Crippen LogP contribution in [0, 0.1) is 5.92 Å². The van der Waals surface area contributed by atoms with Crippen molar-refractivity contribution in [1.82, 2.24) is 20.1 Å². The maximum absolute atomic E-state index is 12.0. The van der Waals surface area contributed by atoms with Gasteiger partial charge in [-0.25, -0.2) is 0 Å². The molecule has 2 amide bonds. The molecule has 0 bridgehead atoms. The van der Waals surface area contributed by atoms with E-state index in [1.54, 1.807) is 29.1 Å². The van der Waals surface area contributed by atoms with Gasteiger partial charge in [0.1, 0.15) is 6.33 Å². The molecule has 27 heavy (non-hydrogen) atoms. The molecule has 2 aromatic rings. The molecule has 0 aliphatic rings. The van der Waals surface area contributed by atoms with Crippen LogP contribution in [0.25, 0.3) is 0 Å². The van der Waals surface area contributed by atoms with Crippen molar-refractivity contribution < 1.29 is 9.59 Å². The molecule has 0 spiro atoms. The predicted octanol–water partition coefficient (Wildman–Crippen LogP) is 2.08. The topological polar surface area (TPSA) is 115 Å². The van der Waals surface area contributed by atoms with Crippen molar-refractivity contribution >= 4 is 53.3 Å². The van der Waals surface area contributed by atoms with Crippen LogP contribution in [-0.4, -0.2) is 39.2 Å². The average Bonchev–Trinajstić information content (AvgIpc) is 2.99. The van der Waals surface area contributed by atoms with Crippen LogP contribution in [0.5, 0.6) is 0 Å². The van der Waals surface area contributed by atoms with Crippen molar-refractivity contribution in [3.63, 3.8) is 0 Å². The molecule has 0 aliphatic heterocycles. The van der Waals surface area contributed by atoms with Gasteiger partial charge in [-0.2, -0.15) is 0 Å². The highest BCUT2D eigenvalue weighted by Crippen LogP contribution is 2.33. The Bertz CT molecular complexity index is 799. The number of rotatable bonds is 7. The number of nitrogens with one attached hydrogen (secondary N) is 2. The minimum absolute atomic E-state index is 0. The number of halogens is 2. The van der Waals surface area contributed by atoms with E-state index in [-0.39, 0.29) is 36.7 Å². The Labute approximate surface area is 173 Å². The SMILES string of the molecule is CC(C)[C@H](N)C(=O)NCC(=O)Nc1ccc(Sc2nncn2C)c(Cl)c1.Cl. The fraction of sp³-hybridized carbons (Fsp3) is 0.375. The Balaban J connectivity index is 0.00000364. The largest absolute Gasteiger partial charge is 0.346 e. The van der Waals surface area contributed by atoms with Crippen LogP contribution in [0.3, 0.4) is 0 Å². The van der Waals surface area contributed by atoms with Crippen molar-refractivity contribution in [2.45, 2.75) is 29.9 Å². The fourth-order valence-electron chi connectivity index (χ4n) is 1.92. The third-order valence-corrected chi connectivity index (χ3v) is 5.08. The van der Waals surface area contributed by atoms with Gasteiger partial charge in [0.25, 0.3) is 0 Å². The molecule has 1 heterocycles. The molecule has 1 aromatic heterocycles. The van der Waals surface area contributed by atoms with E-state index in [1.165, 1.54) is 11.8 Å². The van der Waals surface area contributed by atoms with Crippen molar-refractivity contribution in [3.8, 4) is 0 Å². The van der Waals surface area contributed by atoms with Crippen LogP contribution in [0.4, 0.5) is 5.69 Å². The molecule has 0 radical (unpaired) electrons. The number of carbonyl (C=O) groups is 2. The lowest BCUT2D eigenvalue weighted by Crippen LogP contribution is -2.46. The van der Waals surface area contributed by atoms with Gasteiger partial charge in [0.15, 0.2) is 5.16 Å². The highest BCUT2D eigenvalue weighted by Gasteiger charge is 2.17. The van der Waals surface area contributed by atoms with E-state index in [9.17, 15) is 9.59 Å². The number of carbonyl (C=O) groups excluding carboxylic acids is 2. The van der Waals surface area contributed by atoms with Crippen LogP contribution in [0.2, 0.25) is 5.02 Å². The lowest BCUT2D eigenvalue weighted by Gasteiger charge is -2.15. The summed E-state index contributed by atoms with van der Waals surface area (Å²) in [4.78, 5) is 24.5. The number of hydrogen-bond acceptors (Lipinski definition) is 6. The quantitative estimate of drug-likeness (QED) is 0.616. The number of nitrogens with two attached hydrogens (primary N) is 1. The van der Waals surface area contributed by atoms with Crippen molar-refractivity contribution in [2.75, 3.05) is 11.9 Å². The third kappa shape index (κ3) is 6.69. The number of hydrogen-bond donors (Lipinski definition) is 3. The molecule has 148 valence electrons. The second-order valence-electron chi connectivity index (χ2n) is 6.01. The summed E-state index contributed by atoms with van der Waals surface area (Å²) in [5, 5.41) is 14.2. The summed E-state index contributed by atoms with van der Waals surface area (Å²) in [6.45, 7) is 3.52. The summed E-state index contributed by atoms with van der Waals surface area (Å²) in [5.74, 6) is -0.724. The second-order valence-corrected chi connectivity index (χ2v) is 7.42. The predicted molar refractivity (Wildman–Crippen MR) is 108 cm³/mol. The van der Waals surface area contributed by atoms with Crippen LogP contribution in [0.15, 0.2) is 34.6 Å². The van der Waals surface area contributed by atoms with Crippen LogP contribution in [0.1, 0.15) is 13.8 Å². The van der Waals surface area contributed by atoms with Gasteiger partial charge in [-0.1, -0.05) is 25.4 Å². The first kappa shape index (κ1) is 23.2. The molecule has 0 saturated heterocycles. The van der Waals surface area contributed by atoms with E-state index in [4.69, 9.17) is 17.3 Å². The molecule has 0 unspecified atom stereocenters. The number of nitrogens with zero attached hydrogens (tertiary/aromatic N) is 3. The summed E-state index contributed by atoms with van der Waals surface area (Å²) in [6.07, 6.45) is 1.60. The van der Waals surface area contributed by atoms with Crippen LogP contribution >= 0.6 is 35.8 Å². The molecule has 8 nitrogen and oxygen atoms in total. The summed E-state index contributed by atoms with van der Waals surface area (Å²) < 4.78 is 1.78. The Morgan fingerprint density at radius 2 is 2.07 bits per heavy atom. The van der Waals surface area contributed by atoms with Crippen molar-refractivity contribution in [3.05, 3.63) is 29.5 Å². The van der Waals surface area contributed by atoms with Gasteiger partial charge in [-0.3, -0.25) is 9.59 Å². The lowest BCUT2D eigenvalue weighted by molar-refractivity contribution is -0.125. The highest BCUT2D eigenvalue weighted by atomic mass is 35.5. The van der Waals surface area contributed by atoms with Gasteiger partial charge in [0.05, 0.1) is 17.6 Å². The second kappa shape index (κ2) is 10.5. The molecular formula is C16H22Cl2N6O2S. The first-order valence-corrected chi connectivity index (χ1v) is 9.12. The van der Waals surface area contributed by atoms with E-state index in [1.807, 2.05) is 20.9 Å². The molecular weight excluding hydrogens is 411 g/mol. The van der Waals surface area contributed by atoms with E-state index >= 15 is 0 Å². The Morgan fingerprint density at radius 1 is 1.37 bits per heavy atom. The zero-order valence-electron chi connectivity index (χ0n) is 15.1. The van der Waals surface area contributed by atoms with E-state index < -0.39 is 6.04 Å². The monoisotopic (exact) mass is 432 g/mol. The molecule has 4 N–H and O–H groups in total.